The molecule has 1 heterocycles. The van der Waals surface area contributed by atoms with Crippen molar-refractivity contribution in [1.29, 1.82) is 0 Å². The van der Waals surface area contributed by atoms with Gasteiger partial charge in [-0.05, 0) is 36.6 Å². The quantitative estimate of drug-likeness (QED) is 0.610. The molecule has 2 aromatic rings. The molecule has 132 valence electrons. The van der Waals surface area contributed by atoms with E-state index in [1.54, 1.807) is 0 Å². The number of cyclic esters (lactones) is 1. The molecule has 25 heavy (non-hydrogen) atoms. The molecule has 0 radical (unpaired) electrons. The Balaban J connectivity index is 1.81. The van der Waals surface area contributed by atoms with Crippen molar-refractivity contribution < 1.29 is 9.53 Å². The number of halogens is 1. The van der Waals surface area contributed by atoms with Gasteiger partial charge in [-0.2, -0.15) is 0 Å². The number of benzene rings is 2. The first-order chi connectivity index (χ1) is 12.1. The van der Waals surface area contributed by atoms with E-state index >= 15 is 0 Å². The molecule has 0 spiro atoms. The van der Waals surface area contributed by atoms with Gasteiger partial charge in [-0.3, -0.25) is 0 Å². The predicted octanol–water partition coefficient (Wildman–Crippen LogP) is 6.05. The molecule has 1 fully saturated rings. The zero-order valence-electron chi connectivity index (χ0n) is 14.7. The SMILES string of the molecule is CCCC1(c2ccccc2)CCN([C@@H](C)c2ccc(Br)cc2)C(=O)O1. The van der Waals surface area contributed by atoms with E-state index < -0.39 is 5.60 Å². The lowest BCUT2D eigenvalue weighted by Gasteiger charge is -2.43. The third-order valence-electron chi connectivity index (χ3n) is 5.05. The van der Waals surface area contributed by atoms with Crippen molar-refractivity contribution in [3.8, 4) is 0 Å². The van der Waals surface area contributed by atoms with Crippen LogP contribution in [0.5, 0.6) is 0 Å². The first-order valence-electron chi connectivity index (χ1n) is 8.86. The van der Waals surface area contributed by atoms with E-state index in [0.29, 0.717) is 6.54 Å². The van der Waals surface area contributed by atoms with Crippen LogP contribution in [0.1, 0.15) is 50.3 Å². The Morgan fingerprint density at radius 3 is 2.44 bits per heavy atom. The minimum Gasteiger partial charge on any atom is -0.438 e. The van der Waals surface area contributed by atoms with Crippen LogP contribution in [0.3, 0.4) is 0 Å². The monoisotopic (exact) mass is 401 g/mol. The van der Waals surface area contributed by atoms with E-state index in [4.69, 9.17) is 4.74 Å². The second-order valence-corrected chi connectivity index (χ2v) is 7.56. The molecule has 2 aromatic carbocycles. The summed E-state index contributed by atoms with van der Waals surface area (Å²) >= 11 is 3.46. The van der Waals surface area contributed by atoms with Gasteiger partial charge >= 0.3 is 6.09 Å². The molecule has 0 saturated carbocycles. The second-order valence-electron chi connectivity index (χ2n) is 6.65. The van der Waals surface area contributed by atoms with Gasteiger partial charge in [-0.25, -0.2) is 4.79 Å². The molecule has 1 amide bonds. The molecule has 1 aliphatic rings. The minimum absolute atomic E-state index is 0.00370. The fraction of sp³-hybridized carbons (Fsp3) is 0.381. The minimum atomic E-state index is -0.497. The van der Waals surface area contributed by atoms with Crippen LogP contribution in [0.15, 0.2) is 59.1 Å². The van der Waals surface area contributed by atoms with E-state index in [-0.39, 0.29) is 12.1 Å². The van der Waals surface area contributed by atoms with Crippen LogP contribution in [0.2, 0.25) is 0 Å². The number of ether oxygens (including phenoxy) is 1. The molecule has 3 nitrogen and oxygen atoms in total. The Hall–Kier alpha value is -1.81. The number of hydrogen-bond donors (Lipinski definition) is 0. The Bertz CT molecular complexity index is 716. The zero-order chi connectivity index (χ0) is 17.9. The molecule has 0 aromatic heterocycles. The topological polar surface area (TPSA) is 29.5 Å². The summed E-state index contributed by atoms with van der Waals surface area (Å²) in [7, 11) is 0. The predicted molar refractivity (Wildman–Crippen MR) is 103 cm³/mol. The highest BCUT2D eigenvalue weighted by Gasteiger charge is 2.42. The van der Waals surface area contributed by atoms with E-state index in [1.165, 1.54) is 0 Å². The fourth-order valence-corrected chi connectivity index (χ4v) is 3.88. The van der Waals surface area contributed by atoms with Gasteiger partial charge in [0, 0.05) is 17.4 Å². The van der Waals surface area contributed by atoms with Gasteiger partial charge in [0.25, 0.3) is 0 Å². The number of nitrogens with zero attached hydrogens (tertiary/aromatic N) is 1. The third kappa shape index (κ3) is 3.74. The molecule has 4 heteroatoms. The summed E-state index contributed by atoms with van der Waals surface area (Å²) in [6.07, 6.45) is 2.42. The summed E-state index contributed by atoms with van der Waals surface area (Å²) in [5.41, 5.74) is 1.72. The fourth-order valence-electron chi connectivity index (χ4n) is 3.61. The Morgan fingerprint density at radius 1 is 1.16 bits per heavy atom. The van der Waals surface area contributed by atoms with Crippen molar-refractivity contribution in [2.24, 2.45) is 0 Å². The lowest BCUT2D eigenvalue weighted by atomic mass is 9.84. The van der Waals surface area contributed by atoms with Crippen molar-refractivity contribution in [2.75, 3.05) is 6.54 Å². The number of amides is 1. The maximum atomic E-state index is 12.8. The molecule has 0 N–H and O–H groups in total. The lowest BCUT2D eigenvalue weighted by Crippen LogP contribution is -2.48. The number of carbonyl (C=O) groups excluding carboxylic acids is 1. The number of rotatable bonds is 5. The largest absolute Gasteiger partial charge is 0.438 e. The average Bonchev–Trinajstić information content (AvgIpc) is 2.63. The van der Waals surface area contributed by atoms with Crippen LogP contribution >= 0.6 is 15.9 Å². The molecule has 1 aliphatic heterocycles. The van der Waals surface area contributed by atoms with Crippen LogP contribution in [0.4, 0.5) is 4.79 Å². The molecule has 0 aliphatic carbocycles. The van der Waals surface area contributed by atoms with Gasteiger partial charge < -0.3 is 9.64 Å². The van der Waals surface area contributed by atoms with Crippen LogP contribution < -0.4 is 0 Å². The van der Waals surface area contributed by atoms with Crippen LogP contribution in [0, 0.1) is 0 Å². The summed E-state index contributed by atoms with van der Waals surface area (Å²) in [5.74, 6) is 0. The smallest absolute Gasteiger partial charge is 0.411 e. The summed E-state index contributed by atoms with van der Waals surface area (Å²) in [4.78, 5) is 14.7. The summed E-state index contributed by atoms with van der Waals surface area (Å²) < 4.78 is 7.09. The zero-order valence-corrected chi connectivity index (χ0v) is 16.3. The van der Waals surface area contributed by atoms with E-state index in [2.05, 4.69) is 41.9 Å². The molecular weight excluding hydrogens is 378 g/mol. The molecule has 0 bridgehead atoms. The maximum absolute atomic E-state index is 12.8. The number of carbonyl (C=O) groups is 1. The van der Waals surface area contributed by atoms with Crippen molar-refractivity contribution in [3.05, 3.63) is 70.2 Å². The van der Waals surface area contributed by atoms with Crippen molar-refractivity contribution in [1.82, 2.24) is 4.90 Å². The normalized spacial score (nSPS) is 21.7. The van der Waals surface area contributed by atoms with Gasteiger partial charge in [-0.1, -0.05) is 71.7 Å². The van der Waals surface area contributed by atoms with Gasteiger partial charge in [0.05, 0.1) is 6.04 Å². The van der Waals surface area contributed by atoms with Crippen LogP contribution in [0.25, 0.3) is 0 Å². The Labute approximate surface area is 158 Å². The van der Waals surface area contributed by atoms with E-state index in [0.717, 1.165) is 34.9 Å². The summed E-state index contributed by atoms with van der Waals surface area (Å²) in [6, 6.07) is 18.3. The van der Waals surface area contributed by atoms with E-state index in [1.807, 2.05) is 47.4 Å². The first-order valence-corrected chi connectivity index (χ1v) is 9.65. The van der Waals surface area contributed by atoms with Gasteiger partial charge in [0.1, 0.15) is 5.60 Å². The molecule has 1 unspecified atom stereocenters. The van der Waals surface area contributed by atoms with Gasteiger partial charge in [0.15, 0.2) is 0 Å². The van der Waals surface area contributed by atoms with Gasteiger partial charge in [0.2, 0.25) is 0 Å². The summed E-state index contributed by atoms with van der Waals surface area (Å²) in [5, 5.41) is 0. The standard InChI is InChI=1S/C21H24BrNO2/c1-3-13-21(18-7-5-4-6-8-18)14-15-23(20(24)25-21)16(2)17-9-11-19(22)12-10-17/h4-12,16H,3,13-15H2,1-2H3/t16-,21?/m0/s1. The van der Waals surface area contributed by atoms with Crippen molar-refractivity contribution >= 4 is 22.0 Å². The molecule has 1 saturated heterocycles. The van der Waals surface area contributed by atoms with Crippen molar-refractivity contribution in [2.45, 2.75) is 44.8 Å². The highest BCUT2D eigenvalue weighted by atomic mass is 79.9. The average molecular weight is 402 g/mol. The first kappa shape index (κ1) is 18.0. The molecular formula is C21H24BrNO2. The van der Waals surface area contributed by atoms with E-state index in [9.17, 15) is 4.79 Å². The van der Waals surface area contributed by atoms with Crippen molar-refractivity contribution in [3.63, 3.8) is 0 Å². The highest BCUT2D eigenvalue weighted by Crippen LogP contribution is 2.40. The molecule has 3 rings (SSSR count). The second kappa shape index (κ2) is 7.61. The molecule has 2 atom stereocenters. The Kier molecular flexibility index (Phi) is 5.48. The summed E-state index contributed by atoms with van der Waals surface area (Å²) in [6.45, 7) is 4.89. The van der Waals surface area contributed by atoms with Crippen LogP contribution in [-0.2, 0) is 10.3 Å². The Morgan fingerprint density at radius 2 is 1.84 bits per heavy atom. The lowest BCUT2D eigenvalue weighted by molar-refractivity contribution is -0.0658. The van der Waals surface area contributed by atoms with Gasteiger partial charge in [-0.15, -0.1) is 0 Å². The highest BCUT2D eigenvalue weighted by molar-refractivity contribution is 9.10. The third-order valence-corrected chi connectivity index (χ3v) is 5.58. The number of hydrogen-bond acceptors (Lipinski definition) is 2. The maximum Gasteiger partial charge on any atom is 0.411 e. The van der Waals surface area contributed by atoms with Crippen LogP contribution in [-0.4, -0.2) is 17.5 Å².